The van der Waals surface area contributed by atoms with E-state index in [1.54, 1.807) is 11.6 Å². The minimum absolute atomic E-state index is 0.0840. The monoisotopic (exact) mass is 313 g/mol. The molecule has 98 valence electrons. The molecule has 0 bridgehead atoms. The van der Waals surface area contributed by atoms with Crippen molar-refractivity contribution in [2.24, 2.45) is 0 Å². The Kier molecular flexibility index (Phi) is 4.46. The summed E-state index contributed by atoms with van der Waals surface area (Å²) >= 11 is 3.28. The lowest BCUT2D eigenvalue weighted by Crippen LogP contribution is -2.12. The topological polar surface area (TPSA) is 43.8 Å². The number of nitrogens with zero attached hydrogens (tertiary/aromatic N) is 2. The fraction of sp³-hybridized carbons (Fsp3) is 0.700. The second kappa shape index (κ2) is 5.29. The van der Waals surface area contributed by atoms with Gasteiger partial charge >= 0.3 is 6.18 Å². The molecule has 1 aromatic rings. The fourth-order valence-corrected chi connectivity index (χ4v) is 1.86. The summed E-state index contributed by atoms with van der Waals surface area (Å²) in [6.07, 6.45) is -4.37. The molecule has 0 aliphatic rings. The minimum atomic E-state index is -4.09. The summed E-state index contributed by atoms with van der Waals surface area (Å²) in [5.41, 5.74) is 6.53. The zero-order valence-corrected chi connectivity index (χ0v) is 11.3. The van der Waals surface area contributed by atoms with E-state index in [2.05, 4.69) is 21.0 Å². The highest BCUT2D eigenvalue weighted by molar-refractivity contribution is 9.10. The van der Waals surface area contributed by atoms with Crippen LogP contribution in [-0.2, 0) is 0 Å². The van der Waals surface area contributed by atoms with Crippen molar-refractivity contribution in [2.45, 2.75) is 45.3 Å². The predicted molar refractivity (Wildman–Crippen MR) is 63.7 cm³/mol. The number of rotatable bonds is 4. The van der Waals surface area contributed by atoms with Crippen LogP contribution in [0, 0.1) is 6.92 Å². The van der Waals surface area contributed by atoms with Gasteiger partial charge in [0.05, 0.1) is 16.2 Å². The van der Waals surface area contributed by atoms with Crippen molar-refractivity contribution in [2.75, 3.05) is 5.73 Å². The Morgan fingerprint density at radius 1 is 1.47 bits per heavy atom. The van der Waals surface area contributed by atoms with Gasteiger partial charge in [0, 0.05) is 6.42 Å². The molecule has 1 heterocycles. The highest BCUT2D eigenvalue weighted by Gasteiger charge is 2.26. The Morgan fingerprint density at radius 3 is 2.47 bits per heavy atom. The average molecular weight is 314 g/mol. The molecule has 17 heavy (non-hydrogen) atoms. The largest absolute Gasteiger partial charge is 0.389 e. The summed E-state index contributed by atoms with van der Waals surface area (Å²) in [5.74, 6) is 0.460. The summed E-state index contributed by atoms with van der Waals surface area (Å²) in [6.45, 7) is 3.60. The Labute approximate surface area is 106 Å². The van der Waals surface area contributed by atoms with Gasteiger partial charge in [-0.2, -0.15) is 18.3 Å². The number of aromatic nitrogens is 2. The van der Waals surface area contributed by atoms with E-state index in [0.29, 0.717) is 16.7 Å². The first-order valence-corrected chi connectivity index (χ1v) is 6.08. The molecular weight excluding hydrogens is 299 g/mol. The number of nitrogens with two attached hydrogens (primary N) is 1. The van der Waals surface area contributed by atoms with Gasteiger partial charge in [0.15, 0.2) is 0 Å². The maximum Gasteiger partial charge on any atom is 0.389 e. The van der Waals surface area contributed by atoms with Crippen LogP contribution in [0.25, 0.3) is 0 Å². The molecule has 1 atom stereocenters. The van der Waals surface area contributed by atoms with Crippen LogP contribution >= 0.6 is 15.9 Å². The molecule has 2 N–H and O–H groups in total. The van der Waals surface area contributed by atoms with Crippen LogP contribution in [-0.4, -0.2) is 16.0 Å². The summed E-state index contributed by atoms with van der Waals surface area (Å²) in [7, 11) is 0. The second-order valence-electron chi connectivity index (χ2n) is 4.09. The van der Waals surface area contributed by atoms with Crippen LogP contribution in [0.3, 0.4) is 0 Å². The second-order valence-corrected chi connectivity index (χ2v) is 4.88. The van der Waals surface area contributed by atoms with E-state index >= 15 is 0 Å². The highest BCUT2D eigenvalue weighted by Crippen LogP contribution is 2.29. The third-order valence-corrected chi connectivity index (χ3v) is 3.53. The molecule has 0 saturated carbocycles. The van der Waals surface area contributed by atoms with E-state index in [1.807, 2.05) is 6.92 Å². The molecule has 0 aromatic carbocycles. The van der Waals surface area contributed by atoms with Gasteiger partial charge in [0.2, 0.25) is 0 Å². The van der Waals surface area contributed by atoms with Crippen LogP contribution in [0.1, 0.15) is 37.9 Å². The molecule has 1 rings (SSSR count). The quantitative estimate of drug-likeness (QED) is 0.918. The summed E-state index contributed by atoms with van der Waals surface area (Å²) in [5, 5.41) is 4.19. The van der Waals surface area contributed by atoms with Gasteiger partial charge in [-0.25, -0.2) is 4.68 Å². The van der Waals surface area contributed by atoms with Crippen molar-refractivity contribution in [1.82, 2.24) is 9.78 Å². The van der Waals surface area contributed by atoms with Gasteiger partial charge in [-0.05, 0) is 42.6 Å². The first-order chi connectivity index (χ1) is 7.72. The minimum Gasteiger partial charge on any atom is -0.383 e. The molecule has 0 fully saturated rings. The number of halogens is 4. The average Bonchev–Trinajstić information content (AvgIpc) is 2.44. The van der Waals surface area contributed by atoms with E-state index < -0.39 is 12.6 Å². The van der Waals surface area contributed by atoms with Crippen molar-refractivity contribution >= 4 is 21.7 Å². The van der Waals surface area contributed by atoms with Crippen molar-refractivity contribution in [3.05, 3.63) is 10.2 Å². The Balaban J connectivity index is 2.58. The van der Waals surface area contributed by atoms with Crippen molar-refractivity contribution in [1.29, 1.82) is 0 Å². The molecule has 0 spiro atoms. The van der Waals surface area contributed by atoms with E-state index in [0.717, 1.165) is 5.69 Å². The molecule has 0 aliphatic carbocycles. The van der Waals surface area contributed by atoms with E-state index in [-0.39, 0.29) is 12.5 Å². The van der Waals surface area contributed by atoms with Crippen molar-refractivity contribution in [3.8, 4) is 0 Å². The molecule has 1 unspecified atom stereocenters. The fourth-order valence-electron chi connectivity index (χ4n) is 1.60. The predicted octanol–water partition coefficient (Wildman–Crippen LogP) is 3.83. The molecule has 1 aromatic heterocycles. The summed E-state index contributed by atoms with van der Waals surface area (Å²) in [4.78, 5) is 0. The lowest BCUT2D eigenvalue weighted by molar-refractivity contribution is -0.135. The van der Waals surface area contributed by atoms with E-state index in [4.69, 9.17) is 5.73 Å². The first-order valence-electron chi connectivity index (χ1n) is 5.29. The SMILES string of the molecule is Cc1nn(C(C)CCCC(F)(F)F)c(N)c1Br. The zero-order valence-electron chi connectivity index (χ0n) is 9.68. The van der Waals surface area contributed by atoms with Crippen molar-refractivity contribution < 1.29 is 13.2 Å². The molecule has 0 amide bonds. The van der Waals surface area contributed by atoms with Gasteiger partial charge in [-0.3, -0.25) is 0 Å². The van der Waals surface area contributed by atoms with Crippen molar-refractivity contribution in [3.63, 3.8) is 0 Å². The van der Waals surface area contributed by atoms with Gasteiger partial charge in [-0.1, -0.05) is 0 Å². The third kappa shape index (κ3) is 3.90. The van der Waals surface area contributed by atoms with E-state index in [1.165, 1.54) is 0 Å². The lowest BCUT2D eigenvalue weighted by Gasteiger charge is -2.14. The van der Waals surface area contributed by atoms with Gasteiger partial charge < -0.3 is 5.73 Å². The Bertz CT molecular complexity index is 387. The van der Waals surface area contributed by atoms with Crippen LogP contribution in [0.15, 0.2) is 4.47 Å². The Hall–Kier alpha value is -0.720. The lowest BCUT2D eigenvalue weighted by atomic mass is 10.1. The molecular formula is C10H15BrF3N3. The molecule has 7 heteroatoms. The highest BCUT2D eigenvalue weighted by atomic mass is 79.9. The number of alkyl halides is 3. The molecule has 0 radical (unpaired) electrons. The van der Waals surface area contributed by atoms with Crippen LogP contribution in [0.5, 0.6) is 0 Å². The Morgan fingerprint density at radius 2 is 2.06 bits per heavy atom. The third-order valence-electron chi connectivity index (χ3n) is 2.55. The van der Waals surface area contributed by atoms with Gasteiger partial charge in [0.1, 0.15) is 5.82 Å². The van der Waals surface area contributed by atoms with E-state index in [9.17, 15) is 13.2 Å². The molecule has 3 nitrogen and oxygen atoms in total. The number of anilines is 1. The standard InChI is InChI=1S/C10H15BrF3N3/c1-6(4-3-5-10(12,13)14)17-9(15)8(11)7(2)16-17/h6H,3-5,15H2,1-2H3. The van der Waals surface area contributed by atoms with Crippen LogP contribution in [0.2, 0.25) is 0 Å². The first kappa shape index (κ1) is 14.3. The smallest absolute Gasteiger partial charge is 0.383 e. The molecule has 0 aliphatic heterocycles. The van der Waals surface area contributed by atoms with Crippen LogP contribution < -0.4 is 5.73 Å². The number of hydrogen-bond donors (Lipinski definition) is 1. The number of nitrogen functional groups attached to an aromatic ring is 1. The number of hydrogen-bond acceptors (Lipinski definition) is 2. The maximum atomic E-state index is 12.0. The normalized spacial score (nSPS) is 14.0. The summed E-state index contributed by atoms with van der Waals surface area (Å²) in [6, 6.07) is -0.137. The van der Waals surface area contributed by atoms with Gasteiger partial charge in [0.25, 0.3) is 0 Å². The molecule has 0 saturated heterocycles. The summed E-state index contributed by atoms with van der Waals surface area (Å²) < 4.78 is 38.3. The van der Waals surface area contributed by atoms with Gasteiger partial charge in [-0.15, -0.1) is 0 Å². The zero-order chi connectivity index (χ0) is 13.2. The number of aryl methyl sites for hydroxylation is 1. The van der Waals surface area contributed by atoms with Crippen LogP contribution in [0.4, 0.5) is 19.0 Å². The maximum absolute atomic E-state index is 12.0.